The highest BCUT2D eigenvalue weighted by molar-refractivity contribution is 5.99. The van der Waals surface area contributed by atoms with Crippen molar-refractivity contribution in [2.75, 3.05) is 45.9 Å². The highest BCUT2D eigenvalue weighted by Crippen LogP contribution is 2.18. The Morgan fingerprint density at radius 1 is 1.00 bits per heavy atom. The average molecular weight is 438 g/mol. The summed E-state index contributed by atoms with van der Waals surface area (Å²) in [5.41, 5.74) is 3.67. The smallest absolute Gasteiger partial charge is 0.254 e. The number of carbonyl (C=O) groups is 2. The first kappa shape index (κ1) is 22.5. The second-order valence-electron chi connectivity index (χ2n) is 8.44. The molecule has 2 aliphatic heterocycles. The summed E-state index contributed by atoms with van der Waals surface area (Å²) in [5, 5.41) is 13.3. The number of hydrogen-bond donors (Lipinski definition) is 2. The van der Waals surface area contributed by atoms with Crippen molar-refractivity contribution in [3.63, 3.8) is 0 Å². The maximum Gasteiger partial charge on any atom is 0.254 e. The standard InChI is InChI=1S/C25H31N3O4/c29-23(18-27-11-9-19-4-1-2-5-22(19)17-27)8-10-26-24(30)20-6-3-7-21(16-20)25(31)28-12-14-32-15-13-28/h1-7,16,23,29H,8-15,17-18H2,(H,26,30). The molecule has 1 atom stereocenters. The average Bonchev–Trinajstić information content (AvgIpc) is 2.84. The minimum Gasteiger partial charge on any atom is -0.392 e. The molecule has 1 fully saturated rings. The number of nitrogens with one attached hydrogen (secondary N) is 1. The van der Waals surface area contributed by atoms with Gasteiger partial charge in [0, 0.05) is 50.4 Å². The van der Waals surface area contributed by atoms with Crippen LogP contribution in [-0.2, 0) is 17.7 Å². The molecule has 2 aromatic carbocycles. The van der Waals surface area contributed by atoms with Gasteiger partial charge < -0.3 is 20.1 Å². The van der Waals surface area contributed by atoms with Crippen LogP contribution in [0.1, 0.15) is 38.3 Å². The van der Waals surface area contributed by atoms with Gasteiger partial charge in [-0.3, -0.25) is 14.5 Å². The van der Waals surface area contributed by atoms with Crippen LogP contribution in [0.4, 0.5) is 0 Å². The lowest BCUT2D eigenvalue weighted by Gasteiger charge is -2.30. The van der Waals surface area contributed by atoms with Crippen LogP contribution >= 0.6 is 0 Å². The van der Waals surface area contributed by atoms with Gasteiger partial charge in [-0.2, -0.15) is 0 Å². The van der Waals surface area contributed by atoms with Crippen LogP contribution < -0.4 is 5.32 Å². The first-order chi connectivity index (χ1) is 15.6. The largest absolute Gasteiger partial charge is 0.392 e. The van der Waals surface area contributed by atoms with E-state index in [1.165, 1.54) is 11.1 Å². The van der Waals surface area contributed by atoms with Crippen LogP contribution in [0, 0.1) is 0 Å². The van der Waals surface area contributed by atoms with Gasteiger partial charge in [-0.25, -0.2) is 0 Å². The third-order valence-corrected chi connectivity index (χ3v) is 6.11. The van der Waals surface area contributed by atoms with Gasteiger partial charge in [-0.1, -0.05) is 30.3 Å². The summed E-state index contributed by atoms with van der Waals surface area (Å²) in [6.07, 6.45) is 0.977. The number of fused-ring (bicyclic) bond motifs is 1. The summed E-state index contributed by atoms with van der Waals surface area (Å²) in [7, 11) is 0. The molecule has 2 aromatic rings. The van der Waals surface area contributed by atoms with Gasteiger partial charge in [0.2, 0.25) is 0 Å². The lowest BCUT2D eigenvalue weighted by atomic mass is 9.99. The molecule has 7 heteroatoms. The van der Waals surface area contributed by atoms with E-state index in [2.05, 4.69) is 34.5 Å². The second kappa shape index (κ2) is 10.7. The van der Waals surface area contributed by atoms with Crippen LogP contribution in [0.5, 0.6) is 0 Å². The van der Waals surface area contributed by atoms with Gasteiger partial charge in [0.15, 0.2) is 0 Å². The fourth-order valence-electron chi connectivity index (χ4n) is 4.30. The monoisotopic (exact) mass is 437 g/mol. The molecule has 2 amide bonds. The zero-order chi connectivity index (χ0) is 22.3. The molecule has 0 spiro atoms. The molecule has 0 aliphatic carbocycles. The van der Waals surface area contributed by atoms with E-state index in [0.717, 1.165) is 19.5 Å². The maximum atomic E-state index is 12.6. The molecule has 1 saturated heterocycles. The number of aliphatic hydroxyl groups excluding tert-OH is 1. The SMILES string of the molecule is O=C(NCCC(O)CN1CCc2ccccc2C1)c1cccc(C(=O)N2CCOCC2)c1. The molecule has 2 N–H and O–H groups in total. The van der Waals surface area contributed by atoms with E-state index in [1.54, 1.807) is 29.2 Å². The zero-order valence-corrected chi connectivity index (χ0v) is 18.3. The third kappa shape index (κ3) is 5.73. The van der Waals surface area contributed by atoms with E-state index in [4.69, 9.17) is 4.74 Å². The fourth-order valence-corrected chi connectivity index (χ4v) is 4.30. The Morgan fingerprint density at radius 2 is 1.75 bits per heavy atom. The number of carbonyl (C=O) groups excluding carboxylic acids is 2. The van der Waals surface area contributed by atoms with Crippen LogP contribution in [-0.4, -0.2) is 78.8 Å². The molecule has 7 nitrogen and oxygen atoms in total. The molecule has 0 bridgehead atoms. The quantitative estimate of drug-likeness (QED) is 0.689. The van der Waals surface area contributed by atoms with Gasteiger partial charge in [0.25, 0.3) is 11.8 Å². The lowest BCUT2D eigenvalue weighted by Crippen LogP contribution is -2.40. The molecular formula is C25H31N3O4. The topological polar surface area (TPSA) is 82.1 Å². The number of aliphatic hydroxyl groups is 1. The van der Waals surface area contributed by atoms with E-state index in [0.29, 0.717) is 56.9 Å². The van der Waals surface area contributed by atoms with Crippen molar-refractivity contribution in [3.05, 3.63) is 70.8 Å². The molecule has 0 radical (unpaired) electrons. The van der Waals surface area contributed by atoms with Crippen molar-refractivity contribution in [2.45, 2.75) is 25.5 Å². The Hall–Kier alpha value is -2.74. The first-order valence-electron chi connectivity index (χ1n) is 11.3. The summed E-state index contributed by atoms with van der Waals surface area (Å²) in [4.78, 5) is 29.2. The van der Waals surface area contributed by atoms with Crippen molar-refractivity contribution in [2.24, 2.45) is 0 Å². The Balaban J connectivity index is 1.23. The molecule has 170 valence electrons. The third-order valence-electron chi connectivity index (χ3n) is 6.11. The normalized spacial score (nSPS) is 17.5. The van der Waals surface area contributed by atoms with Crippen molar-refractivity contribution >= 4 is 11.8 Å². The molecule has 4 rings (SSSR count). The summed E-state index contributed by atoms with van der Waals surface area (Å²) < 4.78 is 5.29. The molecule has 2 heterocycles. The predicted molar refractivity (Wildman–Crippen MR) is 122 cm³/mol. The van der Waals surface area contributed by atoms with Crippen molar-refractivity contribution in [1.29, 1.82) is 0 Å². The summed E-state index contributed by atoms with van der Waals surface area (Å²) in [5.74, 6) is -0.317. The highest BCUT2D eigenvalue weighted by atomic mass is 16.5. The summed E-state index contributed by atoms with van der Waals surface area (Å²) in [6.45, 7) is 4.97. The highest BCUT2D eigenvalue weighted by Gasteiger charge is 2.20. The van der Waals surface area contributed by atoms with Gasteiger partial charge >= 0.3 is 0 Å². The summed E-state index contributed by atoms with van der Waals surface area (Å²) in [6, 6.07) is 15.2. The number of nitrogens with zero attached hydrogens (tertiary/aromatic N) is 2. The number of amides is 2. The van der Waals surface area contributed by atoms with E-state index in [9.17, 15) is 14.7 Å². The zero-order valence-electron chi connectivity index (χ0n) is 18.3. The lowest BCUT2D eigenvalue weighted by molar-refractivity contribution is 0.0303. The molecule has 2 aliphatic rings. The molecule has 0 aromatic heterocycles. The van der Waals surface area contributed by atoms with Crippen LogP contribution in [0.2, 0.25) is 0 Å². The number of rotatable bonds is 7. The van der Waals surface area contributed by atoms with E-state index in [-0.39, 0.29) is 11.8 Å². The van der Waals surface area contributed by atoms with Gasteiger partial charge in [0.1, 0.15) is 0 Å². The number of morpholine rings is 1. The molecule has 1 unspecified atom stereocenters. The Labute approximate surface area is 189 Å². The number of benzene rings is 2. The second-order valence-corrected chi connectivity index (χ2v) is 8.44. The maximum absolute atomic E-state index is 12.6. The number of ether oxygens (including phenoxy) is 1. The number of β-amino-alcohol motifs (C(OH)–C–C–N with tert-alkyl or cyclic N) is 1. The Bertz CT molecular complexity index is 942. The first-order valence-corrected chi connectivity index (χ1v) is 11.3. The van der Waals surface area contributed by atoms with Gasteiger partial charge in [0.05, 0.1) is 19.3 Å². The van der Waals surface area contributed by atoms with Crippen LogP contribution in [0.25, 0.3) is 0 Å². The Kier molecular flexibility index (Phi) is 7.52. The van der Waals surface area contributed by atoms with Crippen molar-refractivity contribution in [1.82, 2.24) is 15.1 Å². The minimum atomic E-state index is -0.505. The van der Waals surface area contributed by atoms with E-state index < -0.39 is 6.10 Å². The molecule has 32 heavy (non-hydrogen) atoms. The van der Waals surface area contributed by atoms with E-state index >= 15 is 0 Å². The Morgan fingerprint density at radius 3 is 2.56 bits per heavy atom. The van der Waals surface area contributed by atoms with Crippen LogP contribution in [0.3, 0.4) is 0 Å². The van der Waals surface area contributed by atoms with Crippen molar-refractivity contribution in [3.8, 4) is 0 Å². The molecule has 0 saturated carbocycles. The van der Waals surface area contributed by atoms with Gasteiger partial charge in [-0.05, 0) is 42.2 Å². The fraction of sp³-hybridized carbons (Fsp3) is 0.440. The minimum absolute atomic E-state index is 0.0820. The predicted octanol–water partition coefficient (Wildman–Crippen LogP) is 1.70. The van der Waals surface area contributed by atoms with Crippen molar-refractivity contribution < 1.29 is 19.4 Å². The van der Waals surface area contributed by atoms with Gasteiger partial charge in [-0.15, -0.1) is 0 Å². The van der Waals surface area contributed by atoms with E-state index in [1.807, 2.05) is 0 Å². The number of hydrogen-bond acceptors (Lipinski definition) is 5. The van der Waals surface area contributed by atoms with Crippen LogP contribution in [0.15, 0.2) is 48.5 Å². The molecular weight excluding hydrogens is 406 g/mol. The summed E-state index contributed by atoms with van der Waals surface area (Å²) >= 11 is 0.